The summed E-state index contributed by atoms with van der Waals surface area (Å²) in [6, 6.07) is -0.0686. The molecule has 3 unspecified atom stereocenters. The van der Waals surface area contributed by atoms with E-state index in [1.54, 1.807) is 0 Å². The highest BCUT2D eigenvalue weighted by molar-refractivity contribution is 5.78. The minimum Gasteiger partial charge on any atom is -0.467 e. The van der Waals surface area contributed by atoms with E-state index in [4.69, 9.17) is 10.5 Å². The number of carbonyl (C=O) groups is 1. The van der Waals surface area contributed by atoms with Crippen LogP contribution in [0.3, 0.4) is 0 Å². The molecular formula is C11H22N2O4. The third-order valence-corrected chi connectivity index (χ3v) is 2.92. The Morgan fingerprint density at radius 2 is 2.41 bits per heavy atom. The van der Waals surface area contributed by atoms with Crippen molar-refractivity contribution >= 4 is 5.97 Å². The van der Waals surface area contributed by atoms with Crippen molar-refractivity contribution in [1.82, 2.24) is 4.90 Å². The lowest BCUT2D eigenvalue weighted by Crippen LogP contribution is -2.55. The van der Waals surface area contributed by atoms with Crippen LogP contribution in [-0.2, 0) is 14.3 Å². The second kappa shape index (κ2) is 5.77. The Morgan fingerprint density at radius 3 is 2.94 bits per heavy atom. The number of ether oxygens (including phenoxy) is 2. The smallest absolute Gasteiger partial charge is 0.338 e. The van der Waals surface area contributed by atoms with E-state index in [1.165, 1.54) is 14.0 Å². The van der Waals surface area contributed by atoms with Gasteiger partial charge >= 0.3 is 5.97 Å². The largest absolute Gasteiger partial charge is 0.467 e. The molecule has 1 aliphatic heterocycles. The van der Waals surface area contributed by atoms with Gasteiger partial charge in [-0.3, -0.25) is 4.90 Å². The number of carbonyl (C=O) groups excluding carboxylic acids is 1. The van der Waals surface area contributed by atoms with E-state index in [9.17, 15) is 9.90 Å². The van der Waals surface area contributed by atoms with Crippen LogP contribution < -0.4 is 5.73 Å². The van der Waals surface area contributed by atoms with Gasteiger partial charge in [-0.25, -0.2) is 4.79 Å². The van der Waals surface area contributed by atoms with Crippen LogP contribution in [-0.4, -0.2) is 67.1 Å². The molecule has 6 nitrogen and oxygen atoms in total. The number of rotatable bonds is 4. The first-order valence-electron chi connectivity index (χ1n) is 5.77. The Balaban J connectivity index is 2.54. The monoisotopic (exact) mass is 246 g/mol. The fourth-order valence-corrected chi connectivity index (χ4v) is 1.91. The summed E-state index contributed by atoms with van der Waals surface area (Å²) in [6.45, 7) is 5.42. The Kier molecular flexibility index (Phi) is 4.88. The van der Waals surface area contributed by atoms with E-state index in [-0.39, 0.29) is 18.7 Å². The third-order valence-electron chi connectivity index (χ3n) is 2.92. The summed E-state index contributed by atoms with van der Waals surface area (Å²) < 4.78 is 10.1. The summed E-state index contributed by atoms with van der Waals surface area (Å²) in [6.07, 6.45) is -0.0582. The molecule has 1 heterocycles. The molecule has 0 amide bonds. The van der Waals surface area contributed by atoms with Gasteiger partial charge in [0.15, 0.2) is 5.60 Å². The Hall–Kier alpha value is -0.690. The summed E-state index contributed by atoms with van der Waals surface area (Å²) in [5.74, 6) is -0.624. The van der Waals surface area contributed by atoms with Crippen LogP contribution in [0.15, 0.2) is 0 Å². The minimum absolute atomic E-state index is 0.0582. The van der Waals surface area contributed by atoms with Crippen LogP contribution >= 0.6 is 0 Å². The van der Waals surface area contributed by atoms with Gasteiger partial charge in [0.05, 0.1) is 19.8 Å². The first kappa shape index (κ1) is 14.4. The molecule has 17 heavy (non-hydrogen) atoms. The molecule has 0 aromatic rings. The van der Waals surface area contributed by atoms with Crippen LogP contribution in [0, 0.1) is 0 Å². The minimum atomic E-state index is -1.49. The Bertz CT molecular complexity index is 268. The van der Waals surface area contributed by atoms with Crippen LogP contribution in [0.2, 0.25) is 0 Å². The van der Waals surface area contributed by atoms with Crippen molar-refractivity contribution < 1.29 is 19.4 Å². The molecule has 0 aliphatic carbocycles. The van der Waals surface area contributed by atoms with Crippen molar-refractivity contribution in [1.29, 1.82) is 0 Å². The first-order valence-corrected chi connectivity index (χ1v) is 5.77. The normalized spacial score (nSPS) is 27.2. The maximum Gasteiger partial charge on any atom is 0.338 e. The zero-order chi connectivity index (χ0) is 13.1. The van der Waals surface area contributed by atoms with Gasteiger partial charge in [0.1, 0.15) is 0 Å². The van der Waals surface area contributed by atoms with E-state index in [0.717, 1.165) is 0 Å². The summed E-state index contributed by atoms with van der Waals surface area (Å²) in [7, 11) is 1.26. The number of β-amino-alcohol motifs (C(OH)–C–C–N with tert-alkyl or cyclic N) is 1. The van der Waals surface area contributed by atoms with Crippen LogP contribution in [0.5, 0.6) is 0 Å². The predicted octanol–water partition coefficient (Wildman–Crippen LogP) is -1.04. The molecule has 1 rings (SSSR count). The van der Waals surface area contributed by atoms with Gasteiger partial charge in [-0.2, -0.15) is 0 Å². The second-order valence-electron chi connectivity index (χ2n) is 4.77. The van der Waals surface area contributed by atoms with Crippen molar-refractivity contribution in [3.8, 4) is 0 Å². The number of hydrogen-bond acceptors (Lipinski definition) is 6. The average Bonchev–Trinajstić information content (AvgIpc) is 2.27. The summed E-state index contributed by atoms with van der Waals surface area (Å²) in [5.41, 5.74) is 4.28. The lowest BCUT2D eigenvalue weighted by molar-refractivity contribution is -0.164. The van der Waals surface area contributed by atoms with Gasteiger partial charge in [0.25, 0.3) is 0 Å². The molecule has 1 aliphatic rings. The Morgan fingerprint density at radius 1 is 1.76 bits per heavy atom. The molecule has 0 radical (unpaired) electrons. The lowest BCUT2D eigenvalue weighted by Gasteiger charge is -2.37. The van der Waals surface area contributed by atoms with E-state index < -0.39 is 11.6 Å². The predicted molar refractivity (Wildman–Crippen MR) is 62.5 cm³/mol. The van der Waals surface area contributed by atoms with Gasteiger partial charge in [-0.1, -0.05) is 0 Å². The molecule has 0 aromatic carbocycles. The van der Waals surface area contributed by atoms with Crippen molar-refractivity contribution in [2.75, 3.05) is 33.4 Å². The first-order chi connectivity index (χ1) is 7.86. The third kappa shape index (κ3) is 3.92. The number of morpholine rings is 1. The molecule has 1 saturated heterocycles. The molecule has 6 heteroatoms. The average molecular weight is 246 g/mol. The van der Waals surface area contributed by atoms with Gasteiger partial charge in [0, 0.05) is 25.7 Å². The summed E-state index contributed by atoms with van der Waals surface area (Å²) in [4.78, 5) is 13.3. The molecule has 0 bridgehead atoms. The number of hydrogen-bond donors (Lipinski definition) is 2. The number of nitrogens with zero attached hydrogens (tertiary/aromatic N) is 1. The zero-order valence-electron chi connectivity index (χ0n) is 10.7. The molecule has 3 atom stereocenters. The molecule has 0 aromatic heterocycles. The quantitative estimate of drug-likeness (QED) is 0.616. The second-order valence-corrected chi connectivity index (χ2v) is 4.77. The maximum atomic E-state index is 11.4. The summed E-state index contributed by atoms with van der Waals surface area (Å²) in [5, 5.41) is 9.97. The van der Waals surface area contributed by atoms with Gasteiger partial charge in [0.2, 0.25) is 0 Å². The van der Waals surface area contributed by atoms with Crippen LogP contribution in [0.1, 0.15) is 13.8 Å². The van der Waals surface area contributed by atoms with E-state index in [1.807, 2.05) is 11.8 Å². The maximum absolute atomic E-state index is 11.4. The zero-order valence-corrected chi connectivity index (χ0v) is 10.7. The fourth-order valence-electron chi connectivity index (χ4n) is 1.91. The molecule has 0 saturated carbocycles. The Labute approximate surface area is 102 Å². The summed E-state index contributed by atoms with van der Waals surface area (Å²) >= 11 is 0. The number of nitrogens with two attached hydrogens (primary N) is 1. The van der Waals surface area contributed by atoms with Crippen molar-refractivity contribution in [2.45, 2.75) is 31.6 Å². The van der Waals surface area contributed by atoms with Crippen molar-refractivity contribution in [3.05, 3.63) is 0 Å². The molecular weight excluding hydrogens is 224 g/mol. The molecule has 100 valence electrons. The van der Waals surface area contributed by atoms with Crippen LogP contribution in [0.4, 0.5) is 0 Å². The topological polar surface area (TPSA) is 85.0 Å². The van der Waals surface area contributed by atoms with E-state index >= 15 is 0 Å². The lowest BCUT2D eigenvalue weighted by atomic mass is 10.1. The molecule has 3 N–H and O–H groups in total. The van der Waals surface area contributed by atoms with Crippen molar-refractivity contribution in [2.24, 2.45) is 5.73 Å². The highest BCUT2D eigenvalue weighted by Crippen LogP contribution is 2.13. The van der Waals surface area contributed by atoms with Crippen LogP contribution in [0.25, 0.3) is 0 Å². The molecule has 1 fully saturated rings. The standard InChI is InChI=1S/C11H22N2O4/c1-8(12)9-6-13(4-5-17-9)7-11(2,15)10(14)16-3/h8-9,15H,4-7,12H2,1-3H3. The van der Waals surface area contributed by atoms with Crippen molar-refractivity contribution in [3.63, 3.8) is 0 Å². The van der Waals surface area contributed by atoms with Gasteiger partial charge < -0.3 is 20.3 Å². The fraction of sp³-hybridized carbons (Fsp3) is 0.909. The highest BCUT2D eigenvalue weighted by atomic mass is 16.5. The SMILES string of the molecule is COC(=O)C(C)(O)CN1CCOC(C(C)N)C1. The van der Waals surface area contributed by atoms with E-state index in [0.29, 0.717) is 19.7 Å². The van der Waals surface area contributed by atoms with Gasteiger partial charge in [-0.05, 0) is 13.8 Å². The molecule has 0 spiro atoms. The number of esters is 1. The van der Waals surface area contributed by atoms with E-state index in [2.05, 4.69) is 4.74 Å². The highest BCUT2D eigenvalue weighted by Gasteiger charge is 2.35. The number of aliphatic hydroxyl groups is 1. The van der Waals surface area contributed by atoms with Gasteiger partial charge in [-0.15, -0.1) is 0 Å². The number of methoxy groups -OCH3 is 1.